The first-order chi connectivity index (χ1) is 17.0. The summed E-state index contributed by atoms with van der Waals surface area (Å²) in [5.41, 5.74) is 2.88. The van der Waals surface area contributed by atoms with E-state index in [4.69, 9.17) is 4.74 Å². The fourth-order valence-corrected chi connectivity index (χ4v) is 4.66. The van der Waals surface area contributed by atoms with Gasteiger partial charge >= 0.3 is 0 Å². The van der Waals surface area contributed by atoms with Crippen molar-refractivity contribution in [3.05, 3.63) is 89.7 Å². The number of anilines is 2. The minimum absolute atomic E-state index is 0.0554. The van der Waals surface area contributed by atoms with Crippen LogP contribution in [0.1, 0.15) is 46.9 Å². The standard InChI is InChI=1S/C29H31FN2O3/c1-3-17-32(24-7-6-8-25(20-24)35-2)29(34)26-9-4-5-10-27(26)31-18-15-22(16-19-31)28(33)21-11-13-23(30)14-12-21/h4-14,20,22H,3,15-19H2,1-2H3. The Bertz CT molecular complexity index is 1170. The average molecular weight is 475 g/mol. The molecule has 1 aliphatic rings. The molecule has 35 heavy (non-hydrogen) atoms. The number of ketones is 1. The van der Waals surface area contributed by atoms with E-state index in [1.54, 1.807) is 24.1 Å². The SMILES string of the molecule is CCCN(C(=O)c1ccccc1N1CCC(C(=O)c2ccc(F)cc2)CC1)c1cccc(OC)c1. The van der Waals surface area contributed by atoms with Gasteiger partial charge in [-0.2, -0.15) is 0 Å². The van der Waals surface area contributed by atoms with Crippen LogP contribution in [0.4, 0.5) is 15.8 Å². The summed E-state index contributed by atoms with van der Waals surface area (Å²) in [6.07, 6.45) is 2.20. The molecule has 182 valence electrons. The molecule has 0 bridgehead atoms. The molecule has 1 amide bonds. The van der Waals surface area contributed by atoms with Crippen LogP contribution in [-0.4, -0.2) is 38.4 Å². The van der Waals surface area contributed by atoms with Crippen molar-refractivity contribution >= 4 is 23.1 Å². The number of halogens is 1. The number of hydrogen-bond acceptors (Lipinski definition) is 4. The van der Waals surface area contributed by atoms with Gasteiger partial charge in [-0.3, -0.25) is 9.59 Å². The summed E-state index contributed by atoms with van der Waals surface area (Å²) in [6.45, 7) is 3.99. The second-order valence-corrected chi connectivity index (χ2v) is 8.81. The third-order valence-corrected chi connectivity index (χ3v) is 6.53. The molecule has 1 saturated heterocycles. The van der Waals surface area contributed by atoms with E-state index in [1.165, 1.54) is 12.1 Å². The quantitative estimate of drug-likeness (QED) is 0.376. The predicted octanol–water partition coefficient (Wildman–Crippen LogP) is 5.99. The van der Waals surface area contributed by atoms with Crippen molar-refractivity contribution in [2.45, 2.75) is 26.2 Å². The van der Waals surface area contributed by atoms with Gasteiger partial charge in [0.2, 0.25) is 0 Å². The Labute approximate surface area is 206 Å². The smallest absolute Gasteiger partial charge is 0.260 e. The lowest BCUT2D eigenvalue weighted by Crippen LogP contribution is -2.38. The lowest BCUT2D eigenvalue weighted by molar-refractivity contribution is 0.0899. The fraction of sp³-hybridized carbons (Fsp3) is 0.310. The Hall–Kier alpha value is -3.67. The molecule has 0 atom stereocenters. The summed E-state index contributed by atoms with van der Waals surface area (Å²) in [6, 6.07) is 21.0. The Balaban J connectivity index is 1.52. The molecule has 0 N–H and O–H groups in total. The van der Waals surface area contributed by atoms with E-state index in [9.17, 15) is 14.0 Å². The largest absolute Gasteiger partial charge is 0.497 e. The van der Waals surface area contributed by atoms with E-state index in [2.05, 4.69) is 11.8 Å². The van der Waals surface area contributed by atoms with Gasteiger partial charge in [-0.1, -0.05) is 25.1 Å². The third-order valence-electron chi connectivity index (χ3n) is 6.53. The summed E-state index contributed by atoms with van der Waals surface area (Å²) in [5.74, 6) is 0.260. The minimum atomic E-state index is -0.344. The molecular formula is C29H31FN2O3. The molecule has 3 aromatic carbocycles. The van der Waals surface area contributed by atoms with Crippen molar-refractivity contribution < 1.29 is 18.7 Å². The highest BCUT2D eigenvalue weighted by Gasteiger charge is 2.29. The Kier molecular flexibility index (Phi) is 7.80. The van der Waals surface area contributed by atoms with E-state index in [0.717, 1.165) is 17.8 Å². The van der Waals surface area contributed by atoms with E-state index in [1.807, 2.05) is 48.5 Å². The summed E-state index contributed by atoms with van der Waals surface area (Å²) >= 11 is 0. The summed E-state index contributed by atoms with van der Waals surface area (Å²) in [4.78, 5) is 30.6. The molecule has 5 nitrogen and oxygen atoms in total. The number of hydrogen-bond donors (Lipinski definition) is 0. The zero-order chi connectivity index (χ0) is 24.8. The van der Waals surface area contributed by atoms with Crippen LogP contribution >= 0.6 is 0 Å². The number of Topliss-reactive ketones (excluding diaryl/α,β-unsaturated/α-hetero) is 1. The molecule has 1 heterocycles. The van der Waals surface area contributed by atoms with Gasteiger partial charge in [-0.05, 0) is 67.8 Å². The number of methoxy groups -OCH3 is 1. The molecule has 6 heteroatoms. The van der Waals surface area contributed by atoms with Crippen molar-refractivity contribution in [1.82, 2.24) is 0 Å². The van der Waals surface area contributed by atoms with Gasteiger partial charge in [0, 0.05) is 48.6 Å². The maximum atomic E-state index is 13.8. The second kappa shape index (κ2) is 11.2. The van der Waals surface area contributed by atoms with Crippen molar-refractivity contribution in [3.8, 4) is 5.75 Å². The van der Waals surface area contributed by atoms with Crippen LogP contribution in [0.25, 0.3) is 0 Å². The van der Waals surface area contributed by atoms with Crippen LogP contribution in [0.5, 0.6) is 5.75 Å². The Morgan fingerprint density at radius 2 is 1.71 bits per heavy atom. The average Bonchev–Trinajstić information content (AvgIpc) is 2.91. The number of para-hydroxylation sites is 1. The fourth-order valence-electron chi connectivity index (χ4n) is 4.66. The molecule has 0 saturated carbocycles. The molecule has 4 rings (SSSR count). The summed E-state index contributed by atoms with van der Waals surface area (Å²) in [7, 11) is 1.62. The van der Waals surface area contributed by atoms with E-state index in [0.29, 0.717) is 49.4 Å². The molecule has 0 radical (unpaired) electrons. The molecule has 0 aliphatic carbocycles. The van der Waals surface area contributed by atoms with E-state index in [-0.39, 0.29) is 23.4 Å². The first-order valence-corrected chi connectivity index (χ1v) is 12.1. The monoisotopic (exact) mass is 474 g/mol. The number of rotatable bonds is 8. The minimum Gasteiger partial charge on any atom is -0.497 e. The van der Waals surface area contributed by atoms with Gasteiger partial charge in [0.1, 0.15) is 11.6 Å². The lowest BCUT2D eigenvalue weighted by atomic mass is 9.88. The maximum Gasteiger partial charge on any atom is 0.260 e. The number of piperidine rings is 1. The Morgan fingerprint density at radius 1 is 1.00 bits per heavy atom. The molecule has 0 aromatic heterocycles. The van der Waals surface area contributed by atoms with Crippen LogP contribution < -0.4 is 14.5 Å². The highest BCUT2D eigenvalue weighted by Crippen LogP contribution is 2.31. The van der Waals surface area contributed by atoms with Gasteiger partial charge in [-0.15, -0.1) is 0 Å². The normalized spacial score (nSPS) is 14.0. The number of ether oxygens (including phenoxy) is 1. The van der Waals surface area contributed by atoms with Crippen LogP contribution in [0.2, 0.25) is 0 Å². The lowest BCUT2D eigenvalue weighted by Gasteiger charge is -2.34. The predicted molar refractivity (Wildman–Crippen MR) is 137 cm³/mol. The summed E-state index contributed by atoms with van der Waals surface area (Å²) < 4.78 is 18.6. The summed E-state index contributed by atoms with van der Waals surface area (Å²) in [5, 5.41) is 0. The van der Waals surface area contributed by atoms with Gasteiger partial charge in [0.05, 0.1) is 12.7 Å². The number of carbonyl (C=O) groups excluding carboxylic acids is 2. The molecule has 0 unspecified atom stereocenters. The molecular weight excluding hydrogens is 443 g/mol. The van der Waals surface area contributed by atoms with Crippen molar-refractivity contribution in [1.29, 1.82) is 0 Å². The second-order valence-electron chi connectivity index (χ2n) is 8.81. The highest BCUT2D eigenvalue weighted by atomic mass is 19.1. The number of benzene rings is 3. The topological polar surface area (TPSA) is 49.9 Å². The van der Waals surface area contributed by atoms with Crippen molar-refractivity contribution in [2.75, 3.05) is 36.5 Å². The third kappa shape index (κ3) is 5.53. The molecule has 1 aliphatic heterocycles. The first-order valence-electron chi connectivity index (χ1n) is 12.1. The number of nitrogens with zero attached hydrogens (tertiary/aromatic N) is 2. The van der Waals surface area contributed by atoms with Crippen LogP contribution in [0.15, 0.2) is 72.8 Å². The molecule has 0 spiro atoms. The number of amides is 1. The van der Waals surface area contributed by atoms with Gasteiger partial charge in [-0.25, -0.2) is 4.39 Å². The zero-order valence-electron chi connectivity index (χ0n) is 20.2. The van der Waals surface area contributed by atoms with Crippen LogP contribution in [-0.2, 0) is 0 Å². The molecule has 3 aromatic rings. The zero-order valence-corrected chi connectivity index (χ0v) is 20.2. The first kappa shape index (κ1) is 24.5. The van der Waals surface area contributed by atoms with Crippen LogP contribution in [0.3, 0.4) is 0 Å². The highest BCUT2D eigenvalue weighted by molar-refractivity contribution is 6.09. The van der Waals surface area contributed by atoms with Crippen molar-refractivity contribution in [3.63, 3.8) is 0 Å². The van der Waals surface area contributed by atoms with E-state index >= 15 is 0 Å². The van der Waals surface area contributed by atoms with Gasteiger partial charge in [0.15, 0.2) is 5.78 Å². The van der Waals surface area contributed by atoms with Gasteiger partial charge in [0.25, 0.3) is 5.91 Å². The Morgan fingerprint density at radius 3 is 2.40 bits per heavy atom. The van der Waals surface area contributed by atoms with Crippen LogP contribution in [0, 0.1) is 11.7 Å². The maximum absolute atomic E-state index is 13.8. The van der Waals surface area contributed by atoms with Gasteiger partial charge < -0.3 is 14.5 Å². The van der Waals surface area contributed by atoms with E-state index < -0.39 is 0 Å². The molecule has 1 fully saturated rings. The van der Waals surface area contributed by atoms with Crippen molar-refractivity contribution in [2.24, 2.45) is 5.92 Å². The number of carbonyl (C=O) groups is 2.